The first-order chi connectivity index (χ1) is 11.5. The number of aromatic carboxylic acids is 1. The molecular formula is C18H13NO3S2. The summed E-state index contributed by atoms with van der Waals surface area (Å²) in [5, 5.41) is 9.10. The van der Waals surface area contributed by atoms with Crippen molar-refractivity contribution >= 4 is 51.9 Å². The van der Waals surface area contributed by atoms with Crippen molar-refractivity contribution in [2.24, 2.45) is 0 Å². The topological polar surface area (TPSA) is 57.6 Å². The van der Waals surface area contributed by atoms with E-state index in [1.807, 2.05) is 31.2 Å². The Bertz CT molecular complexity index is 872. The highest BCUT2D eigenvalue weighted by Gasteiger charge is 2.33. The van der Waals surface area contributed by atoms with Gasteiger partial charge in [-0.25, -0.2) is 4.79 Å². The fourth-order valence-corrected chi connectivity index (χ4v) is 3.58. The van der Waals surface area contributed by atoms with Crippen molar-refractivity contribution in [2.45, 2.75) is 6.92 Å². The number of anilines is 1. The molecule has 4 nitrogen and oxygen atoms in total. The Morgan fingerprint density at radius 3 is 2.58 bits per heavy atom. The summed E-state index contributed by atoms with van der Waals surface area (Å²) in [5.74, 6) is -1.29. The molecule has 0 spiro atoms. The Hall–Kier alpha value is -2.44. The van der Waals surface area contributed by atoms with Gasteiger partial charge in [-0.15, -0.1) is 0 Å². The number of aryl methyl sites for hydroxylation is 1. The van der Waals surface area contributed by atoms with Gasteiger partial charge in [-0.05, 0) is 36.8 Å². The molecule has 3 rings (SSSR count). The van der Waals surface area contributed by atoms with E-state index in [0.717, 1.165) is 11.1 Å². The Balaban J connectivity index is 1.93. The Kier molecular flexibility index (Phi) is 4.51. The number of hydrogen-bond acceptors (Lipinski definition) is 4. The first-order valence-corrected chi connectivity index (χ1v) is 8.36. The number of hydrogen-bond donors (Lipinski definition) is 1. The molecule has 1 heterocycles. The number of thioether (sulfide) groups is 1. The fourth-order valence-electron chi connectivity index (χ4n) is 2.28. The van der Waals surface area contributed by atoms with Gasteiger partial charge in [0.25, 0.3) is 5.91 Å². The number of carbonyl (C=O) groups is 2. The first kappa shape index (κ1) is 16.4. The largest absolute Gasteiger partial charge is 0.478 e. The van der Waals surface area contributed by atoms with Gasteiger partial charge in [-0.2, -0.15) is 0 Å². The van der Waals surface area contributed by atoms with Crippen molar-refractivity contribution in [1.82, 2.24) is 0 Å². The molecule has 0 aromatic heterocycles. The van der Waals surface area contributed by atoms with Gasteiger partial charge in [0.2, 0.25) is 0 Å². The minimum Gasteiger partial charge on any atom is -0.478 e. The number of benzene rings is 2. The highest BCUT2D eigenvalue weighted by molar-refractivity contribution is 8.27. The molecule has 1 N–H and O–H groups in total. The number of carboxylic acid groups (broad SMARTS) is 1. The predicted molar refractivity (Wildman–Crippen MR) is 100 cm³/mol. The van der Waals surface area contributed by atoms with E-state index < -0.39 is 5.97 Å². The van der Waals surface area contributed by atoms with Crippen LogP contribution in [-0.4, -0.2) is 21.3 Å². The standard InChI is InChI=1S/C18H13NO3S2/c1-11-5-7-12(8-6-11)9-15-16(20)19(18(23)24-15)14-4-2-3-13(10-14)17(21)22/h2-10H,1H3,(H,21,22)/b15-9-. The van der Waals surface area contributed by atoms with Crippen LogP contribution in [0.1, 0.15) is 21.5 Å². The van der Waals surface area contributed by atoms with Crippen molar-refractivity contribution in [1.29, 1.82) is 0 Å². The van der Waals surface area contributed by atoms with Gasteiger partial charge in [0, 0.05) is 0 Å². The summed E-state index contributed by atoms with van der Waals surface area (Å²) in [6.45, 7) is 2.00. The second-order valence-corrected chi connectivity index (χ2v) is 6.96. The van der Waals surface area contributed by atoms with Crippen LogP contribution < -0.4 is 4.90 Å². The molecule has 0 bridgehead atoms. The molecule has 1 saturated heterocycles. The molecule has 0 atom stereocenters. The lowest BCUT2D eigenvalue weighted by Crippen LogP contribution is -2.27. The monoisotopic (exact) mass is 355 g/mol. The fraction of sp³-hybridized carbons (Fsp3) is 0.0556. The van der Waals surface area contributed by atoms with E-state index in [4.69, 9.17) is 17.3 Å². The lowest BCUT2D eigenvalue weighted by Gasteiger charge is -2.14. The van der Waals surface area contributed by atoms with Gasteiger partial charge in [-0.1, -0.05) is 59.9 Å². The van der Waals surface area contributed by atoms with Crippen molar-refractivity contribution in [3.63, 3.8) is 0 Å². The van der Waals surface area contributed by atoms with Crippen LogP contribution in [0.5, 0.6) is 0 Å². The molecule has 0 unspecified atom stereocenters. The average Bonchev–Trinajstić information content (AvgIpc) is 2.83. The Morgan fingerprint density at radius 1 is 1.21 bits per heavy atom. The summed E-state index contributed by atoms with van der Waals surface area (Å²) in [5.41, 5.74) is 2.64. The van der Waals surface area contributed by atoms with Crippen LogP contribution in [0.2, 0.25) is 0 Å². The maximum Gasteiger partial charge on any atom is 0.335 e. The molecule has 2 aromatic rings. The quantitative estimate of drug-likeness (QED) is 0.663. The molecule has 1 amide bonds. The van der Waals surface area contributed by atoms with Crippen LogP contribution in [0.4, 0.5) is 5.69 Å². The van der Waals surface area contributed by atoms with E-state index in [-0.39, 0.29) is 11.5 Å². The molecule has 120 valence electrons. The molecule has 0 radical (unpaired) electrons. The smallest absolute Gasteiger partial charge is 0.335 e. The highest BCUT2D eigenvalue weighted by atomic mass is 32.2. The van der Waals surface area contributed by atoms with E-state index in [2.05, 4.69) is 0 Å². The van der Waals surface area contributed by atoms with Gasteiger partial charge in [0.1, 0.15) is 0 Å². The maximum atomic E-state index is 12.7. The van der Waals surface area contributed by atoms with Gasteiger partial charge in [0.05, 0.1) is 16.2 Å². The van der Waals surface area contributed by atoms with Crippen LogP contribution in [0.15, 0.2) is 53.4 Å². The van der Waals surface area contributed by atoms with E-state index in [9.17, 15) is 9.59 Å². The summed E-state index contributed by atoms with van der Waals surface area (Å²) >= 11 is 6.51. The number of thiocarbonyl (C=S) groups is 1. The molecule has 0 saturated carbocycles. The summed E-state index contributed by atoms with van der Waals surface area (Å²) < 4.78 is 0.390. The van der Waals surface area contributed by atoms with Crippen LogP contribution in [0, 0.1) is 6.92 Å². The Labute approximate surface area is 148 Å². The molecule has 24 heavy (non-hydrogen) atoms. The lowest BCUT2D eigenvalue weighted by molar-refractivity contribution is -0.113. The summed E-state index contributed by atoms with van der Waals surface area (Å²) in [6, 6.07) is 14.0. The van der Waals surface area contributed by atoms with Crippen LogP contribution in [-0.2, 0) is 4.79 Å². The second kappa shape index (κ2) is 6.59. The molecule has 1 aliphatic rings. The Morgan fingerprint density at radius 2 is 1.92 bits per heavy atom. The zero-order valence-corrected chi connectivity index (χ0v) is 14.4. The van der Waals surface area contributed by atoms with Crippen LogP contribution in [0.25, 0.3) is 6.08 Å². The van der Waals surface area contributed by atoms with Gasteiger partial charge in [0.15, 0.2) is 4.32 Å². The molecular weight excluding hydrogens is 342 g/mol. The number of rotatable bonds is 3. The molecule has 6 heteroatoms. The summed E-state index contributed by atoms with van der Waals surface area (Å²) in [7, 11) is 0. The van der Waals surface area contributed by atoms with E-state index >= 15 is 0 Å². The summed E-state index contributed by atoms with van der Waals surface area (Å²) in [4.78, 5) is 25.7. The second-order valence-electron chi connectivity index (χ2n) is 5.28. The van der Waals surface area contributed by atoms with E-state index in [0.29, 0.717) is 14.9 Å². The third-order valence-electron chi connectivity index (χ3n) is 3.52. The highest BCUT2D eigenvalue weighted by Crippen LogP contribution is 2.36. The third-order valence-corrected chi connectivity index (χ3v) is 4.82. The lowest BCUT2D eigenvalue weighted by atomic mass is 10.1. The number of carboxylic acids is 1. The summed E-state index contributed by atoms with van der Waals surface area (Å²) in [6.07, 6.45) is 1.79. The zero-order valence-electron chi connectivity index (χ0n) is 12.7. The van der Waals surface area contributed by atoms with Gasteiger partial charge in [-0.3, -0.25) is 9.69 Å². The number of amides is 1. The average molecular weight is 355 g/mol. The first-order valence-electron chi connectivity index (χ1n) is 7.14. The minimum atomic E-state index is -1.04. The molecule has 1 fully saturated rings. The minimum absolute atomic E-state index is 0.115. The number of nitrogens with zero attached hydrogens (tertiary/aromatic N) is 1. The molecule has 2 aromatic carbocycles. The van der Waals surface area contributed by atoms with Crippen LogP contribution >= 0.6 is 24.0 Å². The van der Waals surface area contributed by atoms with Crippen LogP contribution in [0.3, 0.4) is 0 Å². The predicted octanol–water partition coefficient (Wildman–Crippen LogP) is 4.10. The molecule has 0 aliphatic carbocycles. The molecule has 1 aliphatic heterocycles. The number of carbonyl (C=O) groups excluding carboxylic acids is 1. The van der Waals surface area contributed by atoms with Crippen molar-refractivity contribution in [3.05, 3.63) is 70.1 Å². The van der Waals surface area contributed by atoms with Crippen molar-refractivity contribution < 1.29 is 14.7 Å². The van der Waals surface area contributed by atoms with E-state index in [1.165, 1.54) is 28.8 Å². The SMILES string of the molecule is Cc1ccc(/C=C2\SC(=S)N(c3cccc(C(=O)O)c3)C2=O)cc1. The van der Waals surface area contributed by atoms with Gasteiger partial charge < -0.3 is 5.11 Å². The van der Waals surface area contributed by atoms with Crippen molar-refractivity contribution in [3.8, 4) is 0 Å². The normalized spacial score (nSPS) is 16.0. The van der Waals surface area contributed by atoms with Gasteiger partial charge >= 0.3 is 5.97 Å². The third kappa shape index (κ3) is 3.25. The van der Waals surface area contributed by atoms with E-state index in [1.54, 1.807) is 18.2 Å². The van der Waals surface area contributed by atoms with Crippen molar-refractivity contribution in [2.75, 3.05) is 4.90 Å². The zero-order chi connectivity index (χ0) is 17.3. The maximum absolute atomic E-state index is 12.7.